The zero-order chi connectivity index (χ0) is 19.6. The van der Waals surface area contributed by atoms with Gasteiger partial charge in [-0.2, -0.15) is 18.3 Å². The average molecular weight is 396 g/mol. The summed E-state index contributed by atoms with van der Waals surface area (Å²) >= 11 is 5.70. The fraction of sp³-hybridized carbons (Fsp3) is 0.0625. The minimum absolute atomic E-state index is 0.0649. The summed E-state index contributed by atoms with van der Waals surface area (Å²) in [6.45, 7) is 0. The molecule has 3 aromatic rings. The van der Waals surface area contributed by atoms with E-state index in [9.17, 15) is 23.3 Å². The molecule has 0 radical (unpaired) electrons. The van der Waals surface area contributed by atoms with Gasteiger partial charge in [-0.15, -0.1) is 0 Å². The maximum atomic E-state index is 13.2. The van der Waals surface area contributed by atoms with E-state index in [0.717, 1.165) is 12.3 Å². The van der Waals surface area contributed by atoms with Crippen LogP contribution in [0.2, 0.25) is 5.02 Å². The molecule has 0 aliphatic rings. The first-order valence-electron chi connectivity index (χ1n) is 7.32. The van der Waals surface area contributed by atoms with Crippen molar-refractivity contribution in [1.29, 1.82) is 0 Å². The number of anilines is 1. The Hall–Kier alpha value is -3.27. The van der Waals surface area contributed by atoms with E-state index in [1.165, 1.54) is 24.3 Å². The Kier molecular flexibility index (Phi) is 4.91. The van der Waals surface area contributed by atoms with Crippen LogP contribution in [-0.4, -0.2) is 21.1 Å². The van der Waals surface area contributed by atoms with Gasteiger partial charge in [0.2, 0.25) is 0 Å². The van der Waals surface area contributed by atoms with Crippen LogP contribution in [0.4, 0.5) is 24.7 Å². The highest BCUT2D eigenvalue weighted by molar-refractivity contribution is 6.32. The van der Waals surface area contributed by atoms with Gasteiger partial charge < -0.3 is 0 Å². The van der Waals surface area contributed by atoms with Gasteiger partial charge in [0.25, 0.3) is 5.69 Å². The number of nitrogens with one attached hydrogen (secondary N) is 1. The lowest BCUT2D eigenvalue weighted by atomic mass is 10.2. The quantitative estimate of drug-likeness (QED) is 0.394. The molecule has 2 aromatic carbocycles. The van der Waals surface area contributed by atoms with Crippen LogP contribution < -0.4 is 5.43 Å². The summed E-state index contributed by atoms with van der Waals surface area (Å²) in [6.07, 6.45) is -3.63. The molecule has 0 amide bonds. The van der Waals surface area contributed by atoms with E-state index in [4.69, 9.17) is 11.6 Å². The Bertz CT molecular complexity index is 1060. The van der Waals surface area contributed by atoms with Gasteiger partial charge in [-0.3, -0.25) is 15.5 Å². The van der Waals surface area contributed by atoms with E-state index in [1.807, 2.05) is 0 Å². The predicted molar refractivity (Wildman–Crippen MR) is 93.9 cm³/mol. The van der Waals surface area contributed by atoms with Crippen molar-refractivity contribution in [2.75, 3.05) is 5.43 Å². The largest absolute Gasteiger partial charge is 0.437 e. The summed E-state index contributed by atoms with van der Waals surface area (Å²) in [5.41, 5.74) is 1.24. The Labute approximate surface area is 154 Å². The smallest absolute Gasteiger partial charge is 0.260 e. The van der Waals surface area contributed by atoms with Gasteiger partial charge in [0, 0.05) is 11.6 Å². The predicted octanol–water partition coefficient (Wildman–Crippen LogP) is 4.66. The van der Waals surface area contributed by atoms with Gasteiger partial charge >= 0.3 is 6.18 Å². The first-order chi connectivity index (χ1) is 12.8. The number of benzene rings is 2. The minimum atomic E-state index is -4.74. The average Bonchev–Trinajstić information content (AvgIpc) is 2.61. The van der Waals surface area contributed by atoms with E-state index < -0.39 is 22.6 Å². The molecule has 138 valence electrons. The van der Waals surface area contributed by atoms with Gasteiger partial charge in [0.15, 0.2) is 11.5 Å². The van der Waals surface area contributed by atoms with Gasteiger partial charge in [-0.05, 0) is 18.2 Å². The van der Waals surface area contributed by atoms with Crippen molar-refractivity contribution < 1.29 is 18.1 Å². The topological polar surface area (TPSA) is 93.3 Å². The van der Waals surface area contributed by atoms with Crippen molar-refractivity contribution >= 4 is 40.4 Å². The second-order valence-corrected chi connectivity index (χ2v) is 5.65. The van der Waals surface area contributed by atoms with Crippen LogP contribution in [0.25, 0.3) is 11.0 Å². The van der Waals surface area contributed by atoms with Gasteiger partial charge in [-0.1, -0.05) is 29.8 Å². The van der Waals surface area contributed by atoms with Crippen LogP contribution in [0.15, 0.2) is 47.6 Å². The van der Waals surface area contributed by atoms with Gasteiger partial charge in [0.05, 0.1) is 22.2 Å². The van der Waals surface area contributed by atoms with E-state index in [1.54, 1.807) is 12.1 Å². The first kappa shape index (κ1) is 18.5. The molecule has 1 heterocycles. The number of hydrogen-bond acceptors (Lipinski definition) is 6. The van der Waals surface area contributed by atoms with Crippen molar-refractivity contribution in [3.63, 3.8) is 0 Å². The number of aromatic nitrogens is 2. The third kappa shape index (κ3) is 4.11. The zero-order valence-corrected chi connectivity index (χ0v) is 14.0. The Morgan fingerprint density at radius 1 is 1.15 bits per heavy atom. The lowest BCUT2D eigenvalue weighted by Gasteiger charge is -2.11. The Morgan fingerprint density at radius 2 is 1.81 bits per heavy atom. The van der Waals surface area contributed by atoms with Crippen LogP contribution in [0, 0.1) is 10.1 Å². The fourth-order valence-corrected chi connectivity index (χ4v) is 2.38. The van der Waals surface area contributed by atoms with Gasteiger partial charge in [-0.25, -0.2) is 9.97 Å². The Morgan fingerprint density at radius 3 is 2.44 bits per heavy atom. The zero-order valence-electron chi connectivity index (χ0n) is 13.2. The SMILES string of the molecule is O=[N+]([O-])c1cc(/C=N\Nc2nc3ccccc3nc2C(F)(F)F)ccc1Cl. The van der Waals surface area contributed by atoms with Gasteiger partial charge in [0.1, 0.15) is 5.02 Å². The molecule has 0 atom stereocenters. The summed E-state index contributed by atoms with van der Waals surface area (Å²) in [5.74, 6) is -0.582. The van der Waals surface area contributed by atoms with Crippen molar-refractivity contribution in [3.05, 3.63) is 68.9 Å². The number of fused-ring (bicyclic) bond motifs is 1. The molecule has 1 N–H and O–H groups in total. The van der Waals surface area contributed by atoms with Crippen molar-refractivity contribution in [2.24, 2.45) is 5.10 Å². The highest BCUT2D eigenvalue weighted by Crippen LogP contribution is 2.33. The number of nitro groups is 1. The van der Waals surface area contributed by atoms with Crippen LogP contribution >= 0.6 is 11.6 Å². The standard InChI is InChI=1S/C16H9ClF3N5O2/c17-10-6-5-9(7-13(10)25(26)27)8-21-24-15-14(16(18,19)20)22-11-3-1-2-4-12(11)23-15/h1-8H,(H,23,24)/b21-8-. The molecule has 7 nitrogen and oxygen atoms in total. The lowest BCUT2D eigenvalue weighted by Crippen LogP contribution is -2.13. The van der Waals surface area contributed by atoms with Crippen LogP contribution in [-0.2, 0) is 6.18 Å². The summed E-state index contributed by atoms with van der Waals surface area (Å²) in [5, 5.41) is 14.5. The normalized spacial score (nSPS) is 11.9. The first-order valence-corrected chi connectivity index (χ1v) is 7.70. The lowest BCUT2D eigenvalue weighted by molar-refractivity contribution is -0.384. The monoisotopic (exact) mass is 395 g/mol. The number of hydrazone groups is 1. The number of alkyl halides is 3. The molecular formula is C16H9ClF3N5O2. The highest BCUT2D eigenvalue weighted by atomic mass is 35.5. The van der Waals surface area contributed by atoms with E-state index in [-0.39, 0.29) is 27.3 Å². The van der Waals surface area contributed by atoms with Crippen molar-refractivity contribution in [3.8, 4) is 0 Å². The molecule has 3 rings (SSSR count). The van der Waals surface area contributed by atoms with E-state index >= 15 is 0 Å². The number of hydrogen-bond donors (Lipinski definition) is 1. The summed E-state index contributed by atoms with van der Waals surface area (Å²) in [4.78, 5) is 17.7. The van der Waals surface area contributed by atoms with Crippen LogP contribution in [0.1, 0.15) is 11.3 Å². The van der Waals surface area contributed by atoms with Crippen LogP contribution in [0.5, 0.6) is 0 Å². The molecule has 0 aliphatic heterocycles. The maximum Gasteiger partial charge on any atom is 0.437 e. The molecule has 0 saturated carbocycles. The van der Waals surface area contributed by atoms with E-state index in [2.05, 4.69) is 20.5 Å². The van der Waals surface area contributed by atoms with E-state index in [0.29, 0.717) is 0 Å². The molecule has 0 bridgehead atoms. The second kappa shape index (κ2) is 7.16. The molecule has 1 aromatic heterocycles. The molecular weight excluding hydrogens is 387 g/mol. The molecule has 27 heavy (non-hydrogen) atoms. The van der Waals surface area contributed by atoms with Crippen molar-refractivity contribution in [2.45, 2.75) is 6.18 Å². The number of nitrogens with zero attached hydrogens (tertiary/aromatic N) is 4. The number of halogens is 4. The molecule has 0 aliphatic carbocycles. The summed E-state index contributed by atoms with van der Waals surface area (Å²) < 4.78 is 39.7. The summed E-state index contributed by atoms with van der Waals surface area (Å²) in [6, 6.07) is 9.96. The summed E-state index contributed by atoms with van der Waals surface area (Å²) in [7, 11) is 0. The molecule has 11 heteroatoms. The number of para-hydroxylation sites is 2. The molecule has 0 unspecified atom stereocenters. The highest BCUT2D eigenvalue weighted by Gasteiger charge is 2.37. The fourth-order valence-electron chi connectivity index (χ4n) is 2.19. The number of rotatable bonds is 4. The maximum absolute atomic E-state index is 13.2. The molecule has 0 spiro atoms. The number of nitro benzene ring substituents is 1. The van der Waals surface area contributed by atoms with Crippen molar-refractivity contribution in [1.82, 2.24) is 9.97 Å². The van der Waals surface area contributed by atoms with Crippen LogP contribution in [0.3, 0.4) is 0 Å². The Balaban J connectivity index is 1.93. The minimum Gasteiger partial charge on any atom is -0.260 e. The third-order valence-corrected chi connectivity index (χ3v) is 3.71. The second-order valence-electron chi connectivity index (χ2n) is 5.25. The molecule has 0 fully saturated rings. The third-order valence-electron chi connectivity index (χ3n) is 3.39. The molecule has 0 saturated heterocycles.